The lowest BCUT2D eigenvalue weighted by Crippen LogP contribution is -2.21. The molecule has 3 nitrogen and oxygen atoms in total. The summed E-state index contributed by atoms with van der Waals surface area (Å²) in [4.78, 5) is 15.8. The minimum atomic E-state index is -0.180. The lowest BCUT2D eigenvalue weighted by atomic mass is 10.2. The van der Waals surface area contributed by atoms with Gasteiger partial charge in [-0.05, 0) is 23.5 Å². The molecule has 0 bridgehead atoms. The highest BCUT2D eigenvalue weighted by atomic mass is 35.5. The van der Waals surface area contributed by atoms with Gasteiger partial charge < -0.3 is 0 Å². The second-order valence-corrected chi connectivity index (χ2v) is 5.02. The molecule has 1 heterocycles. The van der Waals surface area contributed by atoms with E-state index in [-0.39, 0.29) is 5.91 Å². The summed E-state index contributed by atoms with van der Waals surface area (Å²) in [5.74, 6) is 0.694. The highest BCUT2D eigenvalue weighted by Gasteiger charge is 2.19. The Bertz CT molecular complexity index is 511. The fraction of sp³-hybridized carbons (Fsp3) is 0.167. The van der Waals surface area contributed by atoms with Gasteiger partial charge in [-0.2, -0.15) is 0 Å². The number of amides is 1. The van der Waals surface area contributed by atoms with Crippen molar-refractivity contribution in [3.8, 4) is 0 Å². The normalized spacial score (nSPS) is 17.2. The molecule has 0 spiro atoms. The second-order valence-electron chi connectivity index (χ2n) is 3.36. The predicted molar refractivity (Wildman–Crippen MR) is 73.1 cm³/mol. The zero-order chi connectivity index (χ0) is 12.3. The number of aliphatic imine (C=N–C) groups is 1. The number of benzene rings is 1. The molecule has 88 valence electrons. The highest BCUT2D eigenvalue weighted by molar-refractivity contribution is 8.13. The van der Waals surface area contributed by atoms with E-state index in [2.05, 4.69) is 10.3 Å². The molecule has 1 aliphatic rings. The topological polar surface area (TPSA) is 41.5 Å². The van der Waals surface area contributed by atoms with Gasteiger partial charge in [0.05, 0.1) is 0 Å². The molecule has 0 atom stereocenters. The van der Waals surface area contributed by atoms with Crippen molar-refractivity contribution < 1.29 is 4.79 Å². The number of amidine groups is 1. The molecule has 0 saturated heterocycles. The Labute approximate surface area is 109 Å². The second kappa shape index (κ2) is 5.38. The van der Waals surface area contributed by atoms with Gasteiger partial charge in [-0.15, -0.1) is 0 Å². The fourth-order valence-corrected chi connectivity index (χ4v) is 2.18. The largest absolute Gasteiger partial charge is 0.300 e. The smallest absolute Gasteiger partial charge is 0.275 e. The monoisotopic (exact) mass is 266 g/mol. The number of hydrogen-bond acceptors (Lipinski definition) is 3. The van der Waals surface area contributed by atoms with E-state index in [1.807, 2.05) is 25.1 Å². The van der Waals surface area contributed by atoms with Crippen LogP contribution in [0.3, 0.4) is 0 Å². The van der Waals surface area contributed by atoms with E-state index in [0.717, 1.165) is 11.3 Å². The van der Waals surface area contributed by atoms with Crippen molar-refractivity contribution in [1.82, 2.24) is 5.32 Å². The quantitative estimate of drug-likeness (QED) is 0.837. The summed E-state index contributed by atoms with van der Waals surface area (Å²) in [6.45, 7) is 2.01. The molecule has 1 N–H and O–H groups in total. The van der Waals surface area contributed by atoms with Crippen LogP contribution in [0.25, 0.3) is 6.08 Å². The number of halogens is 1. The maximum absolute atomic E-state index is 11.6. The number of carbonyl (C=O) groups is 1. The van der Waals surface area contributed by atoms with Crippen LogP contribution in [0.5, 0.6) is 0 Å². The van der Waals surface area contributed by atoms with E-state index < -0.39 is 0 Å². The first-order valence-electron chi connectivity index (χ1n) is 5.19. The third-order valence-electron chi connectivity index (χ3n) is 2.15. The fourth-order valence-electron chi connectivity index (χ4n) is 1.39. The Balaban J connectivity index is 2.28. The molecule has 0 aromatic heterocycles. The van der Waals surface area contributed by atoms with Gasteiger partial charge in [0.2, 0.25) is 0 Å². The standard InChI is InChI=1S/C12H11ClN2OS/c1-2-17-12-14-10(11(16)15-12)7-8-5-3-4-6-9(8)13/h3-7H,2H2,1H3,(H,14,15,16)/b10-7-. The average Bonchev–Trinajstić information content (AvgIpc) is 2.63. The predicted octanol–water partition coefficient (Wildman–Crippen LogP) is 2.92. The molecule has 5 heteroatoms. The number of nitrogens with zero attached hydrogens (tertiary/aromatic N) is 1. The summed E-state index contributed by atoms with van der Waals surface area (Å²) in [5, 5.41) is 3.97. The number of thioether (sulfide) groups is 1. The first kappa shape index (κ1) is 12.2. The molecule has 0 radical (unpaired) electrons. The van der Waals surface area contributed by atoms with Crippen LogP contribution in [0.15, 0.2) is 35.0 Å². The summed E-state index contributed by atoms with van der Waals surface area (Å²) in [7, 11) is 0. The highest BCUT2D eigenvalue weighted by Crippen LogP contribution is 2.21. The van der Waals surface area contributed by atoms with Crippen LogP contribution in [0.2, 0.25) is 5.02 Å². The molecule has 2 rings (SSSR count). The third-order valence-corrected chi connectivity index (χ3v) is 3.25. The van der Waals surface area contributed by atoms with E-state index in [1.54, 1.807) is 12.1 Å². The van der Waals surface area contributed by atoms with E-state index in [1.165, 1.54) is 11.8 Å². The number of hydrogen-bond donors (Lipinski definition) is 1. The average molecular weight is 267 g/mol. The first-order chi connectivity index (χ1) is 8.20. The van der Waals surface area contributed by atoms with E-state index in [4.69, 9.17) is 11.6 Å². The molecule has 0 aliphatic carbocycles. The summed E-state index contributed by atoms with van der Waals surface area (Å²) in [6.07, 6.45) is 1.70. The minimum absolute atomic E-state index is 0.180. The molecule has 17 heavy (non-hydrogen) atoms. The molecule has 0 saturated carbocycles. The minimum Gasteiger partial charge on any atom is -0.300 e. The lowest BCUT2D eigenvalue weighted by Gasteiger charge is -1.97. The molecule has 1 amide bonds. The molecule has 1 aliphatic heterocycles. The summed E-state index contributed by atoms with van der Waals surface area (Å²) in [6, 6.07) is 7.35. The lowest BCUT2D eigenvalue weighted by molar-refractivity contribution is -0.115. The van der Waals surface area contributed by atoms with E-state index in [9.17, 15) is 4.79 Å². The number of rotatable bonds is 2. The van der Waals surface area contributed by atoms with Gasteiger partial charge in [0.15, 0.2) is 5.17 Å². The summed E-state index contributed by atoms with van der Waals surface area (Å²) in [5.41, 5.74) is 1.19. The molecular formula is C12H11ClN2OS. The number of nitrogens with one attached hydrogen (secondary N) is 1. The van der Waals surface area contributed by atoms with Crippen molar-refractivity contribution in [3.05, 3.63) is 40.5 Å². The van der Waals surface area contributed by atoms with Crippen LogP contribution in [0.4, 0.5) is 0 Å². The Hall–Kier alpha value is -1.26. The van der Waals surface area contributed by atoms with Crippen LogP contribution < -0.4 is 5.32 Å². The van der Waals surface area contributed by atoms with Crippen LogP contribution in [0, 0.1) is 0 Å². The van der Waals surface area contributed by atoms with Crippen LogP contribution in [0.1, 0.15) is 12.5 Å². The molecular weight excluding hydrogens is 256 g/mol. The van der Waals surface area contributed by atoms with Crippen molar-refractivity contribution in [2.75, 3.05) is 5.75 Å². The Kier molecular flexibility index (Phi) is 3.86. The SMILES string of the molecule is CCSC1=N/C(=C\c2ccccc2Cl)C(=O)N1. The van der Waals surface area contributed by atoms with Gasteiger partial charge in [0.25, 0.3) is 5.91 Å². The zero-order valence-corrected chi connectivity index (χ0v) is 10.8. The molecule has 1 aromatic rings. The maximum atomic E-state index is 11.6. The van der Waals surface area contributed by atoms with Crippen LogP contribution >= 0.6 is 23.4 Å². The van der Waals surface area contributed by atoms with Crippen molar-refractivity contribution in [2.45, 2.75) is 6.92 Å². The summed E-state index contributed by atoms with van der Waals surface area (Å²) < 4.78 is 0. The summed E-state index contributed by atoms with van der Waals surface area (Å²) >= 11 is 7.52. The first-order valence-corrected chi connectivity index (χ1v) is 6.56. The van der Waals surface area contributed by atoms with Crippen molar-refractivity contribution >= 4 is 40.5 Å². The Morgan fingerprint density at radius 2 is 2.24 bits per heavy atom. The molecule has 0 fully saturated rings. The van der Waals surface area contributed by atoms with Gasteiger partial charge in [0.1, 0.15) is 5.70 Å². The van der Waals surface area contributed by atoms with Gasteiger partial charge in [-0.3, -0.25) is 10.1 Å². The van der Waals surface area contributed by atoms with Crippen molar-refractivity contribution in [3.63, 3.8) is 0 Å². The van der Waals surface area contributed by atoms with Crippen LogP contribution in [-0.4, -0.2) is 16.8 Å². The third kappa shape index (κ3) is 2.90. The molecule has 1 aromatic carbocycles. The van der Waals surface area contributed by atoms with Crippen molar-refractivity contribution in [2.24, 2.45) is 4.99 Å². The Morgan fingerprint density at radius 1 is 1.47 bits per heavy atom. The van der Waals surface area contributed by atoms with Crippen LogP contribution in [-0.2, 0) is 4.79 Å². The Morgan fingerprint density at radius 3 is 2.94 bits per heavy atom. The van der Waals surface area contributed by atoms with Crippen molar-refractivity contribution in [1.29, 1.82) is 0 Å². The van der Waals surface area contributed by atoms with E-state index in [0.29, 0.717) is 15.9 Å². The van der Waals surface area contributed by atoms with Gasteiger partial charge in [-0.1, -0.05) is 48.5 Å². The van der Waals surface area contributed by atoms with Gasteiger partial charge >= 0.3 is 0 Å². The van der Waals surface area contributed by atoms with Gasteiger partial charge in [-0.25, -0.2) is 4.99 Å². The van der Waals surface area contributed by atoms with Gasteiger partial charge in [0, 0.05) is 5.02 Å². The zero-order valence-electron chi connectivity index (χ0n) is 9.24. The van der Waals surface area contributed by atoms with E-state index >= 15 is 0 Å². The number of carbonyl (C=O) groups excluding carboxylic acids is 1. The molecule has 0 unspecified atom stereocenters. The maximum Gasteiger partial charge on any atom is 0.275 e.